The van der Waals surface area contributed by atoms with Crippen molar-refractivity contribution < 1.29 is 18.3 Å². The third kappa shape index (κ3) is 3.46. The molecule has 0 aliphatic heterocycles. The van der Waals surface area contributed by atoms with E-state index in [0.29, 0.717) is 5.92 Å². The summed E-state index contributed by atoms with van der Waals surface area (Å²) in [5.74, 6) is 0.0967. The molecule has 0 amide bonds. The summed E-state index contributed by atoms with van der Waals surface area (Å²) in [6.45, 7) is 2.23. The minimum absolute atomic E-state index is 0.109. The zero-order valence-corrected chi connectivity index (χ0v) is 13.0. The van der Waals surface area contributed by atoms with Crippen LogP contribution in [0.5, 0.6) is 0 Å². The van der Waals surface area contributed by atoms with Gasteiger partial charge in [0.25, 0.3) is 0 Å². The zero-order chi connectivity index (χ0) is 16.4. The molecular weight excluding hydrogens is 295 g/mol. The van der Waals surface area contributed by atoms with Crippen molar-refractivity contribution in [1.29, 1.82) is 0 Å². The first-order chi connectivity index (χ1) is 10.3. The molecule has 2 N–H and O–H groups in total. The van der Waals surface area contributed by atoms with Crippen molar-refractivity contribution in [3.63, 3.8) is 0 Å². The van der Waals surface area contributed by atoms with Gasteiger partial charge in [0.2, 0.25) is 5.60 Å². The number of aromatic nitrogens is 2. The molecule has 3 atom stereocenters. The van der Waals surface area contributed by atoms with E-state index in [0.717, 1.165) is 19.3 Å². The molecule has 1 aromatic heterocycles. The van der Waals surface area contributed by atoms with Gasteiger partial charge in [-0.15, -0.1) is 0 Å². The Kier molecular flexibility index (Phi) is 5.17. The third-order valence-electron chi connectivity index (χ3n) is 4.66. The molecule has 4 nitrogen and oxygen atoms in total. The maximum Gasteiger partial charge on any atom is 0.424 e. The van der Waals surface area contributed by atoms with Gasteiger partial charge in [0.15, 0.2) is 0 Å². The fourth-order valence-electron chi connectivity index (χ4n) is 3.20. The van der Waals surface area contributed by atoms with Crippen LogP contribution >= 0.6 is 0 Å². The van der Waals surface area contributed by atoms with Crippen LogP contribution in [0.2, 0.25) is 0 Å². The molecular formula is C15H24F3N3O. The number of hydrogen-bond donors (Lipinski definition) is 2. The van der Waals surface area contributed by atoms with Crippen LogP contribution in [0.3, 0.4) is 0 Å². The monoisotopic (exact) mass is 319 g/mol. The number of hydrogen-bond acceptors (Lipinski definition) is 3. The lowest BCUT2D eigenvalue weighted by Crippen LogP contribution is -2.48. The Balaban J connectivity index is 2.04. The van der Waals surface area contributed by atoms with Crippen molar-refractivity contribution in [3.8, 4) is 0 Å². The maximum absolute atomic E-state index is 13.4. The molecule has 126 valence electrons. The second kappa shape index (κ2) is 6.58. The fourth-order valence-corrected chi connectivity index (χ4v) is 3.20. The van der Waals surface area contributed by atoms with Crippen LogP contribution < -0.4 is 5.32 Å². The van der Waals surface area contributed by atoms with Gasteiger partial charge in [0.05, 0.1) is 0 Å². The number of alkyl halides is 3. The van der Waals surface area contributed by atoms with E-state index in [9.17, 15) is 18.3 Å². The van der Waals surface area contributed by atoms with Gasteiger partial charge < -0.3 is 15.0 Å². The molecule has 0 bridgehead atoms. The molecule has 1 heterocycles. The Hall–Kier alpha value is -1.08. The zero-order valence-electron chi connectivity index (χ0n) is 13.0. The second-order valence-corrected chi connectivity index (χ2v) is 6.29. The van der Waals surface area contributed by atoms with E-state index < -0.39 is 18.2 Å². The summed E-state index contributed by atoms with van der Waals surface area (Å²) in [6, 6.07) is 0.229. The molecule has 7 heteroatoms. The molecule has 1 fully saturated rings. The van der Waals surface area contributed by atoms with Crippen LogP contribution in [0.15, 0.2) is 12.4 Å². The molecule has 1 aliphatic rings. The predicted molar refractivity (Wildman–Crippen MR) is 77.2 cm³/mol. The Morgan fingerprint density at radius 3 is 2.59 bits per heavy atom. The highest BCUT2D eigenvalue weighted by atomic mass is 19.4. The summed E-state index contributed by atoms with van der Waals surface area (Å²) in [4.78, 5) is 3.70. The lowest BCUT2D eigenvalue weighted by atomic mass is 9.85. The maximum atomic E-state index is 13.4. The number of halogens is 3. The van der Waals surface area contributed by atoms with E-state index in [1.54, 1.807) is 0 Å². The summed E-state index contributed by atoms with van der Waals surface area (Å²) in [7, 11) is 1.45. The van der Waals surface area contributed by atoms with E-state index in [2.05, 4.69) is 17.2 Å². The standard InChI is InChI=1S/C15H24F3N3O/c1-11-5-3-4-6-12(11)19-8-7-14(22,15(16,17)18)13-20-9-10-21(13)2/h9-12,19,22H,3-8H2,1-2H3. The first-order valence-electron chi connectivity index (χ1n) is 7.76. The van der Waals surface area contributed by atoms with Crippen LogP contribution in [0.25, 0.3) is 0 Å². The van der Waals surface area contributed by atoms with Crippen molar-refractivity contribution in [3.05, 3.63) is 18.2 Å². The predicted octanol–water partition coefficient (Wildman–Crippen LogP) is 2.73. The lowest BCUT2D eigenvalue weighted by Gasteiger charge is -2.33. The van der Waals surface area contributed by atoms with Crippen molar-refractivity contribution in [1.82, 2.24) is 14.9 Å². The normalized spacial score (nSPS) is 25.9. The van der Waals surface area contributed by atoms with E-state index >= 15 is 0 Å². The first-order valence-corrected chi connectivity index (χ1v) is 7.76. The number of rotatable bonds is 5. The number of nitrogens with one attached hydrogen (secondary N) is 1. The molecule has 0 saturated heterocycles. The number of nitrogens with zero attached hydrogens (tertiary/aromatic N) is 2. The van der Waals surface area contributed by atoms with Gasteiger partial charge in [-0.3, -0.25) is 0 Å². The number of imidazole rings is 1. The Morgan fingerprint density at radius 2 is 2.05 bits per heavy atom. The van der Waals surface area contributed by atoms with Crippen LogP contribution in [0.1, 0.15) is 44.9 Å². The SMILES string of the molecule is CC1CCCCC1NCCC(O)(c1nccn1C)C(F)(F)F. The molecule has 0 spiro atoms. The topological polar surface area (TPSA) is 50.1 Å². The minimum Gasteiger partial charge on any atom is -0.374 e. The van der Waals surface area contributed by atoms with Gasteiger partial charge in [-0.1, -0.05) is 19.8 Å². The summed E-state index contributed by atoms with van der Waals surface area (Å²) in [5, 5.41) is 13.4. The van der Waals surface area contributed by atoms with Crippen LogP contribution in [0.4, 0.5) is 13.2 Å². The summed E-state index contributed by atoms with van der Waals surface area (Å²) >= 11 is 0. The Bertz CT molecular complexity index is 489. The van der Waals surface area contributed by atoms with Gasteiger partial charge in [0, 0.05) is 31.9 Å². The number of aliphatic hydroxyl groups is 1. The molecule has 22 heavy (non-hydrogen) atoms. The number of aryl methyl sites for hydroxylation is 1. The van der Waals surface area contributed by atoms with Gasteiger partial charge >= 0.3 is 6.18 Å². The van der Waals surface area contributed by atoms with Gasteiger partial charge in [-0.05, 0) is 25.3 Å². The van der Waals surface area contributed by atoms with Crippen LogP contribution in [0, 0.1) is 5.92 Å². The Morgan fingerprint density at radius 1 is 1.36 bits per heavy atom. The molecule has 3 unspecified atom stereocenters. The summed E-state index contributed by atoms with van der Waals surface area (Å²) < 4.78 is 41.3. The molecule has 1 aromatic rings. The summed E-state index contributed by atoms with van der Waals surface area (Å²) in [5.41, 5.74) is -2.92. The first kappa shape index (κ1) is 17.3. The molecule has 1 saturated carbocycles. The van der Waals surface area contributed by atoms with E-state index in [4.69, 9.17) is 0 Å². The summed E-state index contributed by atoms with van der Waals surface area (Å²) in [6.07, 6.45) is 1.83. The Labute approximate surface area is 128 Å². The second-order valence-electron chi connectivity index (χ2n) is 6.29. The highest BCUT2D eigenvalue weighted by Crippen LogP contribution is 2.40. The largest absolute Gasteiger partial charge is 0.424 e. The fraction of sp³-hybridized carbons (Fsp3) is 0.800. The van der Waals surface area contributed by atoms with Crippen molar-refractivity contribution in [2.24, 2.45) is 13.0 Å². The van der Waals surface area contributed by atoms with Crippen LogP contribution in [-0.2, 0) is 12.6 Å². The third-order valence-corrected chi connectivity index (χ3v) is 4.66. The lowest BCUT2D eigenvalue weighted by molar-refractivity contribution is -0.272. The highest BCUT2D eigenvalue weighted by molar-refractivity contribution is 5.08. The average molecular weight is 319 g/mol. The van der Waals surface area contributed by atoms with Crippen LogP contribution in [-0.4, -0.2) is 33.4 Å². The van der Waals surface area contributed by atoms with Crippen molar-refractivity contribution >= 4 is 0 Å². The van der Waals surface area contributed by atoms with E-state index in [1.165, 1.54) is 30.4 Å². The quantitative estimate of drug-likeness (QED) is 0.877. The molecule has 2 rings (SSSR count). The molecule has 1 aliphatic carbocycles. The van der Waals surface area contributed by atoms with Gasteiger partial charge in [0.1, 0.15) is 5.82 Å². The van der Waals surface area contributed by atoms with Gasteiger partial charge in [-0.2, -0.15) is 13.2 Å². The average Bonchev–Trinajstić information content (AvgIpc) is 2.86. The minimum atomic E-state index is -4.76. The van der Waals surface area contributed by atoms with Crippen molar-refractivity contribution in [2.75, 3.05) is 6.54 Å². The smallest absolute Gasteiger partial charge is 0.374 e. The van der Waals surface area contributed by atoms with Crippen molar-refractivity contribution in [2.45, 2.75) is 56.8 Å². The van der Waals surface area contributed by atoms with Gasteiger partial charge in [-0.25, -0.2) is 4.98 Å². The van der Waals surface area contributed by atoms with E-state index in [1.807, 2.05) is 0 Å². The molecule has 0 radical (unpaired) electrons. The van der Waals surface area contributed by atoms with E-state index in [-0.39, 0.29) is 18.4 Å². The highest BCUT2D eigenvalue weighted by Gasteiger charge is 2.57. The molecule has 0 aromatic carbocycles.